The van der Waals surface area contributed by atoms with Gasteiger partial charge in [-0.15, -0.1) is 0 Å². The van der Waals surface area contributed by atoms with Crippen molar-refractivity contribution in [3.05, 3.63) is 65.9 Å². The molecule has 0 atom stereocenters. The van der Waals surface area contributed by atoms with E-state index in [1.54, 1.807) is 0 Å². The molecule has 0 saturated carbocycles. The molecule has 0 radical (unpaired) electrons. The number of piperidine rings is 1. The third kappa shape index (κ3) is 4.22. The molecule has 1 aliphatic heterocycles. The summed E-state index contributed by atoms with van der Waals surface area (Å²) in [6.07, 6.45) is 2.87. The molecule has 1 N–H and O–H groups in total. The molecule has 3 aromatic rings. The van der Waals surface area contributed by atoms with E-state index in [2.05, 4.69) is 17.1 Å². The van der Waals surface area contributed by atoms with Crippen LogP contribution in [0.25, 0.3) is 10.9 Å². The quantitative estimate of drug-likeness (QED) is 0.682. The van der Waals surface area contributed by atoms with Crippen LogP contribution in [0, 0.1) is 0 Å². The highest BCUT2D eigenvalue weighted by Crippen LogP contribution is 2.21. The van der Waals surface area contributed by atoms with E-state index in [1.165, 1.54) is 0 Å². The number of nitrogens with one attached hydrogen (secondary N) is 1. The highest BCUT2D eigenvalue weighted by molar-refractivity contribution is 5.94. The molecule has 156 valence electrons. The Balaban J connectivity index is 1.41. The Hall–Kier alpha value is -3.15. The normalized spacial score (nSPS) is 14.8. The minimum absolute atomic E-state index is 0.0753. The van der Waals surface area contributed by atoms with Gasteiger partial charge in [-0.1, -0.05) is 43.3 Å². The second-order valence-electron chi connectivity index (χ2n) is 7.87. The molecule has 0 bridgehead atoms. The Labute approximate surface area is 176 Å². The lowest BCUT2D eigenvalue weighted by Crippen LogP contribution is -2.49. The lowest BCUT2D eigenvalue weighted by molar-refractivity contribution is -0.133. The number of carbonyl (C=O) groups excluding carboxylic acids is 2. The summed E-state index contributed by atoms with van der Waals surface area (Å²) < 4.78 is 0. The average molecular weight is 405 g/mol. The SMILES string of the molecule is CCCN(C(=O)Cc1[nH]nc2ccccc12)C1CCN(C(=O)c2ccccc2)CC1. The van der Waals surface area contributed by atoms with Crippen LogP contribution in [0.1, 0.15) is 42.2 Å². The molecule has 6 heteroatoms. The lowest BCUT2D eigenvalue weighted by Gasteiger charge is -2.38. The molecule has 0 unspecified atom stereocenters. The van der Waals surface area contributed by atoms with Gasteiger partial charge in [0.1, 0.15) is 0 Å². The van der Waals surface area contributed by atoms with Gasteiger partial charge in [0.05, 0.1) is 17.6 Å². The summed E-state index contributed by atoms with van der Waals surface area (Å²) in [6, 6.07) is 17.4. The number of para-hydroxylation sites is 1. The summed E-state index contributed by atoms with van der Waals surface area (Å²) in [5.74, 6) is 0.199. The smallest absolute Gasteiger partial charge is 0.253 e. The minimum Gasteiger partial charge on any atom is -0.339 e. The van der Waals surface area contributed by atoms with Crippen molar-refractivity contribution in [1.29, 1.82) is 0 Å². The van der Waals surface area contributed by atoms with E-state index in [0.29, 0.717) is 19.5 Å². The zero-order valence-corrected chi connectivity index (χ0v) is 17.4. The van der Waals surface area contributed by atoms with Crippen LogP contribution in [-0.4, -0.2) is 57.5 Å². The number of nitrogens with zero attached hydrogens (tertiary/aromatic N) is 3. The highest BCUT2D eigenvalue weighted by Gasteiger charge is 2.30. The van der Waals surface area contributed by atoms with Crippen LogP contribution in [-0.2, 0) is 11.2 Å². The van der Waals surface area contributed by atoms with Gasteiger partial charge in [0.2, 0.25) is 5.91 Å². The number of likely N-dealkylation sites (tertiary alicyclic amines) is 1. The Morgan fingerprint density at radius 1 is 1.07 bits per heavy atom. The molecule has 0 spiro atoms. The largest absolute Gasteiger partial charge is 0.339 e. The molecule has 6 nitrogen and oxygen atoms in total. The molecule has 1 saturated heterocycles. The van der Waals surface area contributed by atoms with Crippen molar-refractivity contribution in [2.24, 2.45) is 0 Å². The number of aromatic nitrogens is 2. The standard InChI is InChI=1S/C24H28N4O2/c1-2-14-28(23(29)17-22-20-10-6-7-11-21(20)25-26-22)19-12-15-27(16-13-19)24(30)18-8-4-3-5-9-18/h3-11,19H,2,12-17H2,1H3,(H,25,26). The molecule has 1 fully saturated rings. The molecule has 4 rings (SSSR count). The van der Waals surface area contributed by atoms with E-state index in [9.17, 15) is 9.59 Å². The molecule has 2 aromatic carbocycles. The fourth-order valence-corrected chi connectivity index (χ4v) is 4.30. The summed E-state index contributed by atoms with van der Waals surface area (Å²) in [6.45, 7) is 4.19. The number of benzene rings is 2. The summed E-state index contributed by atoms with van der Waals surface area (Å²) >= 11 is 0. The van der Waals surface area contributed by atoms with Gasteiger partial charge in [-0.25, -0.2) is 0 Å². The summed E-state index contributed by atoms with van der Waals surface area (Å²) in [5.41, 5.74) is 2.48. The van der Waals surface area contributed by atoms with Crippen molar-refractivity contribution in [3.8, 4) is 0 Å². The van der Waals surface area contributed by atoms with Crippen molar-refractivity contribution in [1.82, 2.24) is 20.0 Å². The molecule has 2 heterocycles. The van der Waals surface area contributed by atoms with Crippen LogP contribution in [0.15, 0.2) is 54.6 Å². The number of hydrogen-bond donors (Lipinski definition) is 1. The Kier molecular flexibility index (Phi) is 6.12. The Bertz CT molecular complexity index is 1010. The number of fused-ring (bicyclic) bond motifs is 1. The topological polar surface area (TPSA) is 69.3 Å². The first-order chi connectivity index (χ1) is 14.7. The van der Waals surface area contributed by atoms with Crippen molar-refractivity contribution in [3.63, 3.8) is 0 Å². The lowest BCUT2D eigenvalue weighted by atomic mass is 10.0. The maximum atomic E-state index is 13.2. The number of rotatable bonds is 6. The molecule has 30 heavy (non-hydrogen) atoms. The molecular weight excluding hydrogens is 376 g/mol. The molecular formula is C24H28N4O2. The van der Waals surface area contributed by atoms with Gasteiger partial charge in [0, 0.05) is 36.6 Å². The molecule has 0 aliphatic carbocycles. The van der Waals surface area contributed by atoms with E-state index in [4.69, 9.17) is 0 Å². The van der Waals surface area contributed by atoms with Crippen molar-refractivity contribution in [2.45, 2.75) is 38.6 Å². The molecule has 2 amide bonds. The molecule has 1 aliphatic rings. The van der Waals surface area contributed by atoms with Gasteiger partial charge < -0.3 is 9.80 Å². The highest BCUT2D eigenvalue weighted by atomic mass is 16.2. The van der Waals surface area contributed by atoms with Crippen molar-refractivity contribution in [2.75, 3.05) is 19.6 Å². The van der Waals surface area contributed by atoms with E-state index in [-0.39, 0.29) is 17.9 Å². The summed E-state index contributed by atoms with van der Waals surface area (Å²) in [5, 5.41) is 8.35. The zero-order chi connectivity index (χ0) is 20.9. The van der Waals surface area contributed by atoms with Gasteiger partial charge >= 0.3 is 0 Å². The number of H-pyrrole nitrogens is 1. The van der Waals surface area contributed by atoms with Crippen LogP contribution in [0.2, 0.25) is 0 Å². The van der Waals surface area contributed by atoms with Crippen molar-refractivity contribution < 1.29 is 9.59 Å². The van der Waals surface area contributed by atoms with Crippen LogP contribution < -0.4 is 0 Å². The Morgan fingerprint density at radius 2 is 1.77 bits per heavy atom. The van der Waals surface area contributed by atoms with Gasteiger partial charge in [-0.05, 0) is 37.5 Å². The van der Waals surface area contributed by atoms with Crippen LogP contribution in [0.5, 0.6) is 0 Å². The van der Waals surface area contributed by atoms with Gasteiger partial charge in [0.25, 0.3) is 5.91 Å². The first-order valence-corrected chi connectivity index (χ1v) is 10.7. The third-order valence-electron chi connectivity index (χ3n) is 5.87. The van der Waals surface area contributed by atoms with E-state index in [1.807, 2.05) is 64.4 Å². The predicted molar refractivity (Wildman–Crippen MR) is 117 cm³/mol. The van der Waals surface area contributed by atoms with Crippen LogP contribution in [0.3, 0.4) is 0 Å². The molecule has 1 aromatic heterocycles. The van der Waals surface area contributed by atoms with Crippen molar-refractivity contribution >= 4 is 22.7 Å². The maximum absolute atomic E-state index is 13.2. The average Bonchev–Trinajstić information content (AvgIpc) is 3.20. The number of hydrogen-bond acceptors (Lipinski definition) is 3. The zero-order valence-electron chi connectivity index (χ0n) is 17.4. The van der Waals surface area contributed by atoms with E-state index < -0.39 is 0 Å². The predicted octanol–water partition coefficient (Wildman–Crippen LogP) is 3.65. The van der Waals surface area contributed by atoms with Crippen LogP contribution >= 0.6 is 0 Å². The number of amides is 2. The fourth-order valence-electron chi connectivity index (χ4n) is 4.30. The number of carbonyl (C=O) groups is 2. The van der Waals surface area contributed by atoms with Crippen LogP contribution in [0.4, 0.5) is 0 Å². The maximum Gasteiger partial charge on any atom is 0.253 e. The van der Waals surface area contributed by atoms with E-state index >= 15 is 0 Å². The number of aromatic amines is 1. The minimum atomic E-state index is 0.0753. The Morgan fingerprint density at radius 3 is 2.50 bits per heavy atom. The first kappa shape index (κ1) is 20.1. The summed E-state index contributed by atoms with van der Waals surface area (Å²) in [7, 11) is 0. The second kappa shape index (κ2) is 9.11. The van der Waals surface area contributed by atoms with Gasteiger partial charge in [-0.3, -0.25) is 14.7 Å². The van der Waals surface area contributed by atoms with Gasteiger partial charge in [-0.2, -0.15) is 5.10 Å². The second-order valence-corrected chi connectivity index (χ2v) is 7.87. The summed E-state index contributed by atoms with van der Waals surface area (Å²) in [4.78, 5) is 29.8. The third-order valence-corrected chi connectivity index (χ3v) is 5.87. The first-order valence-electron chi connectivity index (χ1n) is 10.7. The van der Waals surface area contributed by atoms with Gasteiger partial charge in [0.15, 0.2) is 0 Å². The van der Waals surface area contributed by atoms with E-state index in [0.717, 1.165) is 48.0 Å². The fraction of sp³-hybridized carbons (Fsp3) is 0.375. The monoisotopic (exact) mass is 404 g/mol.